The van der Waals surface area contributed by atoms with Gasteiger partial charge in [-0.05, 0) is 44.2 Å². The van der Waals surface area contributed by atoms with Gasteiger partial charge in [0.2, 0.25) is 5.91 Å². The van der Waals surface area contributed by atoms with Crippen molar-refractivity contribution >= 4 is 5.91 Å². The number of carbonyl (C=O) groups is 1. The summed E-state index contributed by atoms with van der Waals surface area (Å²) in [6.07, 6.45) is 3.54. The molecule has 0 bridgehead atoms. The maximum absolute atomic E-state index is 11.8. The molecule has 3 fully saturated rings. The molecule has 3 aliphatic rings. The van der Waals surface area contributed by atoms with E-state index in [2.05, 4.69) is 41.4 Å². The molecule has 130 valence electrons. The van der Waals surface area contributed by atoms with E-state index in [4.69, 9.17) is 4.74 Å². The van der Waals surface area contributed by atoms with E-state index >= 15 is 0 Å². The van der Waals surface area contributed by atoms with Crippen molar-refractivity contribution in [1.82, 2.24) is 10.2 Å². The third-order valence-electron chi connectivity index (χ3n) is 5.79. The molecule has 0 aromatic heterocycles. The molecular formula is C20H28N2O2. The molecule has 1 amide bonds. The maximum Gasteiger partial charge on any atom is 0.223 e. The molecular weight excluding hydrogens is 300 g/mol. The Hall–Kier alpha value is -1.39. The van der Waals surface area contributed by atoms with E-state index in [-0.39, 0.29) is 12.0 Å². The number of carbonyl (C=O) groups excluding carboxylic acids is 1. The van der Waals surface area contributed by atoms with Gasteiger partial charge in [-0.1, -0.05) is 29.8 Å². The molecule has 1 aromatic carbocycles. The zero-order valence-electron chi connectivity index (χ0n) is 14.5. The Kier molecular flexibility index (Phi) is 4.59. The summed E-state index contributed by atoms with van der Waals surface area (Å²) < 4.78 is 6.03. The fourth-order valence-corrected chi connectivity index (χ4v) is 4.28. The van der Waals surface area contributed by atoms with Crippen LogP contribution in [0.4, 0.5) is 0 Å². The zero-order chi connectivity index (χ0) is 16.5. The minimum absolute atomic E-state index is 0.221. The quantitative estimate of drug-likeness (QED) is 0.902. The minimum Gasteiger partial charge on any atom is -0.376 e. The van der Waals surface area contributed by atoms with Gasteiger partial charge in [0.15, 0.2) is 0 Å². The molecule has 1 N–H and O–H groups in total. The Morgan fingerprint density at radius 3 is 3.00 bits per heavy atom. The molecule has 24 heavy (non-hydrogen) atoms. The van der Waals surface area contributed by atoms with E-state index in [9.17, 15) is 4.79 Å². The fraction of sp³-hybridized carbons (Fsp3) is 0.650. The lowest BCUT2D eigenvalue weighted by atomic mass is 9.84. The molecule has 1 saturated carbocycles. The van der Waals surface area contributed by atoms with Gasteiger partial charge in [0.25, 0.3) is 0 Å². The van der Waals surface area contributed by atoms with Gasteiger partial charge in [-0.25, -0.2) is 0 Å². The maximum atomic E-state index is 11.8. The lowest BCUT2D eigenvalue weighted by molar-refractivity contribution is -0.122. The molecule has 4 heteroatoms. The van der Waals surface area contributed by atoms with Crippen molar-refractivity contribution in [2.45, 2.75) is 38.8 Å². The number of piperidine rings is 1. The van der Waals surface area contributed by atoms with Crippen LogP contribution in [0.5, 0.6) is 0 Å². The van der Waals surface area contributed by atoms with E-state index in [1.54, 1.807) is 0 Å². The van der Waals surface area contributed by atoms with Crippen molar-refractivity contribution in [3.63, 3.8) is 0 Å². The summed E-state index contributed by atoms with van der Waals surface area (Å²) in [5, 5.41) is 3.10. The first-order chi connectivity index (χ1) is 11.7. The smallest absolute Gasteiger partial charge is 0.223 e. The highest BCUT2D eigenvalue weighted by Crippen LogP contribution is 2.35. The summed E-state index contributed by atoms with van der Waals surface area (Å²) >= 11 is 0. The standard InChI is InChI=1S/C20H28N2O2/c1-14-3-2-4-15(9-14)11-22-8-7-18-17(12-22)13-24-19(18)10-21-20(23)16-5-6-16/h2-4,9,16-19H,5-8,10-13H2,1H3,(H,21,23)/t17-,18-,19-/m1/s1. The molecule has 3 atom stereocenters. The van der Waals surface area contributed by atoms with E-state index in [1.807, 2.05) is 0 Å². The van der Waals surface area contributed by atoms with Crippen molar-refractivity contribution in [3.05, 3.63) is 35.4 Å². The van der Waals surface area contributed by atoms with Crippen LogP contribution >= 0.6 is 0 Å². The zero-order valence-corrected chi connectivity index (χ0v) is 14.5. The largest absolute Gasteiger partial charge is 0.376 e. The number of amides is 1. The summed E-state index contributed by atoms with van der Waals surface area (Å²) in [7, 11) is 0. The van der Waals surface area contributed by atoms with Crippen LogP contribution in [-0.2, 0) is 16.1 Å². The number of hydrogen-bond acceptors (Lipinski definition) is 3. The number of nitrogens with one attached hydrogen (secondary N) is 1. The van der Waals surface area contributed by atoms with Gasteiger partial charge in [0.05, 0.1) is 12.7 Å². The molecule has 2 saturated heterocycles. The Labute approximate surface area is 144 Å². The average molecular weight is 328 g/mol. The third-order valence-corrected chi connectivity index (χ3v) is 5.79. The average Bonchev–Trinajstić information content (AvgIpc) is 3.34. The number of fused-ring (bicyclic) bond motifs is 1. The highest BCUT2D eigenvalue weighted by molar-refractivity contribution is 5.80. The second kappa shape index (κ2) is 6.85. The lowest BCUT2D eigenvalue weighted by Crippen LogP contribution is -2.43. The topological polar surface area (TPSA) is 41.6 Å². The number of nitrogens with zero attached hydrogens (tertiary/aromatic N) is 1. The first kappa shape index (κ1) is 16.1. The molecule has 1 aromatic rings. The van der Waals surface area contributed by atoms with Crippen LogP contribution in [0.1, 0.15) is 30.4 Å². The Balaban J connectivity index is 1.28. The van der Waals surface area contributed by atoms with Crippen molar-refractivity contribution in [1.29, 1.82) is 0 Å². The van der Waals surface area contributed by atoms with E-state index < -0.39 is 0 Å². The molecule has 4 rings (SSSR count). The molecule has 0 unspecified atom stereocenters. The van der Waals surface area contributed by atoms with Gasteiger partial charge in [-0.2, -0.15) is 0 Å². The van der Waals surface area contributed by atoms with Gasteiger partial charge >= 0.3 is 0 Å². The predicted molar refractivity (Wildman–Crippen MR) is 93.5 cm³/mol. The molecule has 2 aliphatic heterocycles. The Morgan fingerprint density at radius 1 is 1.33 bits per heavy atom. The highest BCUT2D eigenvalue weighted by atomic mass is 16.5. The van der Waals surface area contributed by atoms with Gasteiger partial charge in [0.1, 0.15) is 0 Å². The van der Waals surface area contributed by atoms with Crippen LogP contribution in [0.2, 0.25) is 0 Å². The molecule has 2 heterocycles. The second-order valence-corrected chi connectivity index (χ2v) is 7.83. The van der Waals surface area contributed by atoms with E-state index in [0.717, 1.165) is 39.1 Å². The molecule has 4 nitrogen and oxygen atoms in total. The first-order valence-electron chi connectivity index (χ1n) is 9.36. The van der Waals surface area contributed by atoms with Gasteiger partial charge in [-0.15, -0.1) is 0 Å². The lowest BCUT2D eigenvalue weighted by Gasteiger charge is -2.35. The van der Waals surface area contributed by atoms with E-state index in [1.165, 1.54) is 17.5 Å². The number of benzene rings is 1. The number of hydrogen-bond donors (Lipinski definition) is 1. The Morgan fingerprint density at radius 2 is 2.21 bits per heavy atom. The van der Waals surface area contributed by atoms with Crippen LogP contribution in [0.15, 0.2) is 24.3 Å². The van der Waals surface area contributed by atoms with E-state index in [0.29, 0.717) is 24.3 Å². The number of rotatable bonds is 5. The monoisotopic (exact) mass is 328 g/mol. The van der Waals surface area contributed by atoms with Crippen LogP contribution in [0, 0.1) is 24.7 Å². The summed E-state index contributed by atoms with van der Waals surface area (Å²) in [4.78, 5) is 14.4. The van der Waals surface area contributed by atoms with Crippen LogP contribution in [0.25, 0.3) is 0 Å². The third kappa shape index (κ3) is 3.65. The first-order valence-corrected chi connectivity index (χ1v) is 9.36. The summed E-state index contributed by atoms with van der Waals surface area (Å²) in [6, 6.07) is 8.81. The minimum atomic E-state index is 0.221. The molecule has 1 aliphatic carbocycles. The number of ether oxygens (including phenoxy) is 1. The summed E-state index contributed by atoms with van der Waals surface area (Å²) in [5.74, 6) is 1.75. The molecule has 0 radical (unpaired) electrons. The van der Waals surface area contributed by atoms with Crippen molar-refractivity contribution in [2.75, 3.05) is 26.2 Å². The summed E-state index contributed by atoms with van der Waals surface area (Å²) in [5.41, 5.74) is 2.73. The SMILES string of the molecule is Cc1cccc(CN2CC[C@@H]3[C@@H](CO[C@@H]3CNC(=O)C3CC3)C2)c1. The number of likely N-dealkylation sites (tertiary alicyclic amines) is 1. The van der Waals surface area contributed by atoms with Crippen molar-refractivity contribution < 1.29 is 9.53 Å². The van der Waals surface area contributed by atoms with Crippen molar-refractivity contribution in [3.8, 4) is 0 Å². The fourth-order valence-electron chi connectivity index (χ4n) is 4.28. The van der Waals surface area contributed by atoms with Crippen LogP contribution in [-0.4, -0.2) is 43.2 Å². The summed E-state index contributed by atoms with van der Waals surface area (Å²) in [6.45, 7) is 6.99. The van der Waals surface area contributed by atoms with Gasteiger partial charge < -0.3 is 10.1 Å². The predicted octanol–water partition coefficient (Wildman–Crippen LogP) is 2.36. The Bertz CT molecular complexity index is 599. The van der Waals surface area contributed by atoms with Crippen molar-refractivity contribution in [2.24, 2.45) is 17.8 Å². The van der Waals surface area contributed by atoms with Crippen LogP contribution < -0.4 is 5.32 Å². The van der Waals surface area contributed by atoms with Gasteiger partial charge in [-0.3, -0.25) is 9.69 Å². The normalized spacial score (nSPS) is 30.1. The second-order valence-electron chi connectivity index (χ2n) is 7.83. The highest BCUT2D eigenvalue weighted by Gasteiger charge is 2.41. The van der Waals surface area contributed by atoms with Crippen LogP contribution in [0.3, 0.4) is 0 Å². The van der Waals surface area contributed by atoms with Gasteiger partial charge in [0, 0.05) is 31.5 Å². The number of aryl methyl sites for hydroxylation is 1. The molecule has 0 spiro atoms.